The minimum atomic E-state index is -0.730. The highest BCUT2D eigenvalue weighted by molar-refractivity contribution is 5.76. The molecule has 1 atom stereocenters. The quantitative estimate of drug-likeness (QED) is 0.853. The van der Waals surface area contributed by atoms with Gasteiger partial charge in [-0.25, -0.2) is 0 Å². The molecule has 0 aliphatic carbocycles. The first-order valence-electron chi connectivity index (χ1n) is 7.19. The first-order valence-corrected chi connectivity index (χ1v) is 7.19. The summed E-state index contributed by atoms with van der Waals surface area (Å²) in [5.41, 5.74) is 0.150. The Bertz CT molecular complexity index is 325. The Morgan fingerprint density at radius 1 is 1.26 bits per heavy atom. The summed E-state index contributed by atoms with van der Waals surface area (Å²) in [5.74, 6) is 0.0839. The summed E-state index contributed by atoms with van der Waals surface area (Å²) in [6.45, 7) is 10.0. The fraction of sp³-hybridized carbons (Fsp3) is 0.867. The number of aliphatic carboxylic acids is 1. The third-order valence-electron chi connectivity index (χ3n) is 4.39. The van der Waals surface area contributed by atoms with Gasteiger partial charge in [0.2, 0.25) is 5.91 Å². The minimum Gasteiger partial charge on any atom is -0.481 e. The molecular formula is C15H27NO3. The second kappa shape index (κ2) is 6.40. The van der Waals surface area contributed by atoms with Crippen molar-refractivity contribution in [3.63, 3.8) is 0 Å². The molecule has 1 N–H and O–H groups in total. The van der Waals surface area contributed by atoms with Crippen LogP contribution in [-0.2, 0) is 9.59 Å². The van der Waals surface area contributed by atoms with Gasteiger partial charge in [0.25, 0.3) is 0 Å². The Hall–Kier alpha value is -1.06. The van der Waals surface area contributed by atoms with Crippen molar-refractivity contribution in [2.45, 2.75) is 53.4 Å². The van der Waals surface area contributed by atoms with E-state index >= 15 is 0 Å². The monoisotopic (exact) mass is 269 g/mol. The molecule has 1 fully saturated rings. The van der Waals surface area contributed by atoms with Crippen LogP contribution in [0.5, 0.6) is 0 Å². The van der Waals surface area contributed by atoms with Gasteiger partial charge in [-0.2, -0.15) is 0 Å². The first kappa shape index (κ1) is 16.0. The molecule has 1 heterocycles. The maximum Gasteiger partial charge on any atom is 0.303 e. The van der Waals surface area contributed by atoms with E-state index in [1.165, 1.54) is 0 Å². The number of carboxylic acid groups (broad SMARTS) is 1. The average Bonchev–Trinajstić information content (AvgIpc) is 2.27. The zero-order valence-electron chi connectivity index (χ0n) is 12.6. The molecule has 1 aliphatic heterocycles. The molecule has 1 aliphatic rings. The van der Waals surface area contributed by atoms with Crippen molar-refractivity contribution < 1.29 is 14.7 Å². The van der Waals surface area contributed by atoms with Gasteiger partial charge in [-0.05, 0) is 30.1 Å². The topological polar surface area (TPSA) is 57.6 Å². The maximum atomic E-state index is 12.2. The lowest BCUT2D eigenvalue weighted by Crippen LogP contribution is -2.40. The molecule has 0 aromatic heterocycles. The number of rotatable bonds is 4. The third kappa shape index (κ3) is 5.21. The van der Waals surface area contributed by atoms with Gasteiger partial charge in [0.15, 0.2) is 0 Å². The predicted molar refractivity (Wildman–Crippen MR) is 74.8 cm³/mol. The normalized spacial score (nSPS) is 19.3. The Kier molecular flexibility index (Phi) is 5.39. The predicted octanol–water partition coefficient (Wildman–Crippen LogP) is 2.77. The van der Waals surface area contributed by atoms with Crippen molar-refractivity contribution in [1.29, 1.82) is 0 Å². The molecule has 19 heavy (non-hydrogen) atoms. The molecule has 0 saturated carbocycles. The molecule has 0 spiro atoms. The van der Waals surface area contributed by atoms with Crippen molar-refractivity contribution in [2.24, 2.45) is 17.3 Å². The van der Waals surface area contributed by atoms with Gasteiger partial charge in [0, 0.05) is 25.9 Å². The SMILES string of the molecule is CC(CC(=O)N1CCC(CC(=O)O)CC1)C(C)(C)C. The number of carbonyl (C=O) groups excluding carboxylic acids is 1. The van der Waals surface area contributed by atoms with E-state index in [-0.39, 0.29) is 23.7 Å². The molecule has 0 radical (unpaired) electrons. The van der Waals surface area contributed by atoms with E-state index in [1.54, 1.807) is 0 Å². The molecule has 1 rings (SSSR count). The highest BCUT2D eigenvalue weighted by Crippen LogP contribution is 2.29. The van der Waals surface area contributed by atoms with Crippen molar-refractivity contribution in [2.75, 3.05) is 13.1 Å². The number of amides is 1. The number of carboxylic acids is 1. The van der Waals surface area contributed by atoms with E-state index in [2.05, 4.69) is 27.7 Å². The maximum absolute atomic E-state index is 12.2. The van der Waals surface area contributed by atoms with Gasteiger partial charge in [-0.1, -0.05) is 27.7 Å². The zero-order valence-corrected chi connectivity index (χ0v) is 12.6. The summed E-state index contributed by atoms with van der Waals surface area (Å²) >= 11 is 0. The summed E-state index contributed by atoms with van der Waals surface area (Å²) in [6.07, 6.45) is 2.47. The van der Waals surface area contributed by atoms with E-state index in [1.807, 2.05) is 4.90 Å². The van der Waals surface area contributed by atoms with Crippen LogP contribution in [0, 0.1) is 17.3 Å². The largest absolute Gasteiger partial charge is 0.481 e. The van der Waals surface area contributed by atoms with E-state index in [9.17, 15) is 9.59 Å². The van der Waals surface area contributed by atoms with Gasteiger partial charge < -0.3 is 10.0 Å². The van der Waals surface area contributed by atoms with Gasteiger partial charge in [-0.15, -0.1) is 0 Å². The second-order valence-corrected chi connectivity index (χ2v) is 6.89. The standard InChI is InChI=1S/C15H27NO3/c1-11(15(2,3)4)9-13(17)16-7-5-12(6-8-16)10-14(18)19/h11-12H,5-10H2,1-4H3,(H,18,19). The van der Waals surface area contributed by atoms with Gasteiger partial charge >= 0.3 is 5.97 Å². The summed E-state index contributed by atoms with van der Waals surface area (Å²) < 4.78 is 0. The highest BCUT2D eigenvalue weighted by Gasteiger charge is 2.28. The van der Waals surface area contributed by atoms with Crippen molar-refractivity contribution >= 4 is 11.9 Å². The lowest BCUT2D eigenvalue weighted by molar-refractivity contribution is -0.139. The summed E-state index contributed by atoms with van der Waals surface area (Å²) in [5, 5.41) is 8.77. The molecule has 4 nitrogen and oxygen atoms in total. The second-order valence-electron chi connectivity index (χ2n) is 6.89. The number of hydrogen-bond donors (Lipinski definition) is 1. The van der Waals surface area contributed by atoms with E-state index < -0.39 is 5.97 Å². The molecule has 110 valence electrons. The Morgan fingerprint density at radius 2 is 1.79 bits per heavy atom. The van der Waals surface area contributed by atoms with Crippen molar-refractivity contribution in [3.8, 4) is 0 Å². The van der Waals surface area contributed by atoms with Crippen molar-refractivity contribution in [3.05, 3.63) is 0 Å². The number of carbonyl (C=O) groups is 2. The minimum absolute atomic E-state index is 0.150. The highest BCUT2D eigenvalue weighted by atomic mass is 16.4. The van der Waals surface area contributed by atoms with Crippen LogP contribution in [0.3, 0.4) is 0 Å². The number of nitrogens with zero attached hydrogens (tertiary/aromatic N) is 1. The van der Waals surface area contributed by atoms with E-state index in [0.717, 1.165) is 12.8 Å². The Labute approximate surface area is 116 Å². The molecule has 4 heteroatoms. The number of piperidine rings is 1. The molecule has 1 amide bonds. The molecule has 0 aromatic rings. The van der Waals surface area contributed by atoms with Crippen LogP contribution in [0.4, 0.5) is 0 Å². The van der Waals surface area contributed by atoms with Crippen LogP contribution in [0.1, 0.15) is 53.4 Å². The lowest BCUT2D eigenvalue weighted by atomic mass is 9.80. The Balaban J connectivity index is 2.39. The van der Waals surface area contributed by atoms with Crippen LogP contribution in [-0.4, -0.2) is 35.0 Å². The van der Waals surface area contributed by atoms with Crippen LogP contribution >= 0.6 is 0 Å². The first-order chi connectivity index (χ1) is 8.70. The van der Waals surface area contributed by atoms with Crippen LogP contribution < -0.4 is 0 Å². The average molecular weight is 269 g/mol. The molecule has 0 bridgehead atoms. The zero-order chi connectivity index (χ0) is 14.6. The third-order valence-corrected chi connectivity index (χ3v) is 4.39. The summed E-state index contributed by atoms with van der Waals surface area (Å²) in [7, 11) is 0. The molecule has 1 saturated heterocycles. The number of hydrogen-bond acceptors (Lipinski definition) is 2. The summed E-state index contributed by atoms with van der Waals surface area (Å²) in [4.78, 5) is 24.8. The molecule has 0 aromatic carbocycles. The number of likely N-dealkylation sites (tertiary alicyclic amines) is 1. The smallest absolute Gasteiger partial charge is 0.303 e. The van der Waals surface area contributed by atoms with Crippen LogP contribution in [0.2, 0.25) is 0 Å². The van der Waals surface area contributed by atoms with Gasteiger partial charge in [-0.3, -0.25) is 9.59 Å². The summed E-state index contributed by atoms with van der Waals surface area (Å²) in [6, 6.07) is 0. The van der Waals surface area contributed by atoms with Crippen LogP contribution in [0.15, 0.2) is 0 Å². The van der Waals surface area contributed by atoms with E-state index in [0.29, 0.717) is 25.4 Å². The molecular weight excluding hydrogens is 242 g/mol. The van der Waals surface area contributed by atoms with E-state index in [4.69, 9.17) is 5.11 Å². The Morgan fingerprint density at radius 3 is 2.21 bits per heavy atom. The fourth-order valence-corrected chi connectivity index (χ4v) is 2.33. The fourth-order valence-electron chi connectivity index (χ4n) is 2.33. The van der Waals surface area contributed by atoms with Crippen molar-refractivity contribution in [1.82, 2.24) is 4.90 Å². The van der Waals surface area contributed by atoms with Gasteiger partial charge in [0.1, 0.15) is 0 Å². The van der Waals surface area contributed by atoms with Crippen LogP contribution in [0.25, 0.3) is 0 Å². The lowest BCUT2D eigenvalue weighted by Gasteiger charge is -2.34. The van der Waals surface area contributed by atoms with Gasteiger partial charge in [0.05, 0.1) is 0 Å². The molecule has 1 unspecified atom stereocenters.